The van der Waals surface area contributed by atoms with Gasteiger partial charge in [0.1, 0.15) is 0 Å². The molecule has 0 saturated heterocycles. The van der Waals surface area contributed by atoms with Crippen molar-refractivity contribution < 1.29 is 0 Å². The number of likely N-dealkylation sites (N-methyl/N-ethyl adjacent to an activating group) is 1. The molecule has 0 saturated carbocycles. The lowest BCUT2D eigenvalue weighted by Gasteiger charge is -2.10. The summed E-state index contributed by atoms with van der Waals surface area (Å²) in [6, 6.07) is 0.302. The lowest BCUT2D eigenvalue weighted by Crippen LogP contribution is -2.22. The van der Waals surface area contributed by atoms with E-state index in [0.29, 0.717) is 12.0 Å². The second-order valence-corrected chi connectivity index (χ2v) is 5.64. The molecule has 1 nitrogen and oxygen atoms in total. The highest BCUT2D eigenvalue weighted by Gasteiger charge is 2.01. The van der Waals surface area contributed by atoms with Crippen LogP contribution in [0.5, 0.6) is 0 Å². The van der Waals surface area contributed by atoms with Crippen molar-refractivity contribution in [2.45, 2.75) is 58.9 Å². The average Bonchev–Trinajstić information content (AvgIpc) is 2.43. The zero-order valence-electron chi connectivity index (χ0n) is 13.7. The molecule has 112 valence electrons. The minimum absolute atomic E-state index is 0.302. The van der Waals surface area contributed by atoms with E-state index in [4.69, 9.17) is 6.42 Å². The maximum Gasteiger partial charge on any atom is 0.0295 e. The smallest absolute Gasteiger partial charge is 0.0295 e. The largest absolute Gasteiger partial charge is 0.313 e. The van der Waals surface area contributed by atoms with Gasteiger partial charge in [0.2, 0.25) is 0 Å². The zero-order valence-corrected chi connectivity index (χ0v) is 13.7. The predicted octanol–water partition coefficient (Wildman–Crippen LogP) is 4.87. The fraction of sp³-hybridized carbons (Fsp3) is 0.579. The van der Waals surface area contributed by atoms with E-state index < -0.39 is 0 Å². The van der Waals surface area contributed by atoms with Crippen molar-refractivity contribution >= 4 is 0 Å². The van der Waals surface area contributed by atoms with Gasteiger partial charge in [0.05, 0.1) is 0 Å². The van der Waals surface area contributed by atoms with E-state index >= 15 is 0 Å². The Balaban J connectivity index is 3.88. The lowest BCUT2D eigenvalue weighted by atomic mass is 9.98. The molecule has 0 rings (SSSR count). The van der Waals surface area contributed by atoms with Gasteiger partial charge in [-0.1, -0.05) is 50.5 Å². The standard InChI is InChI=1S/C19H31N/c1-7-13-19(18(5)20-6)15-12-10-8-9-11-14-17(4)16(2)3/h1,12-13,15-16,18,20H,4,8-11,14H2,2-3,5-6H3/b15-12-,19-13+. The summed E-state index contributed by atoms with van der Waals surface area (Å²) < 4.78 is 0. The van der Waals surface area contributed by atoms with Gasteiger partial charge in [-0.3, -0.25) is 0 Å². The molecular weight excluding hydrogens is 242 g/mol. The Morgan fingerprint density at radius 1 is 1.25 bits per heavy atom. The molecule has 0 aliphatic heterocycles. The van der Waals surface area contributed by atoms with Crippen molar-refractivity contribution in [2.24, 2.45) is 5.92 Å². The number of terminal acetylenes is 1. The second-order valence-electron chi connectivity index (χ2n) is 5.64. The van der Waals surface area contributed by atoms with Crippen molar-refractivity contribution in [3.05, 3.63) is 36.0 Å². The summed E-state index contributed by atoms with van der Waals surface area (Å²) in [6.07, 6.45) is 17.6. The first-order valence-electron chi connectivity index (χ1n) is 7.70. The van der Waals surface area contributed by atoms with Crippen LogP contribution in [0.15, 0.2) is 36.0 Å². The molecule has 0 fully saturated rings. The Kier molecular flexibility index (Phi) is 10.8. The summed E-state index contributed by atoms with van der Waals surface area (Å²) in [5.41, 5.74) is 2.55. The molecule has 0 aromatic rings. The number of allylic oxidation sites excluding steroid dienone is 3. The number of nitrogens with one attached hydrogen (secondary N) is 1. The fourth-order valence-electron chi connectivity index (χ4n) is 1.88. The highest BCUT2D eigenvalue weighted by Crippen LogP contribution is 2.16. The molecule has 0 aliphatic rings. The summed E-state index contributed by atoms with van der Waals surface area (Å²) in [6.45, 7) is 10.7. The molecule has 0 aliphatic carbocycles. The topological polar surface area (TPSA) is 12.0 Å². The number of hydrogen-bond donors (Lipinski definition) is 1. The van der Waals surface area contributed by atoms with Gasteiger partial charge in [-0.2, -0.15) is 0 Å². The van der Waals surface area contributed by atoms with Crippen LogP contribution in [0.4, 0.5) is 0 Å². The first-order chi connectivity index (χ1) is 9.52. The fourth-order valence-corrected chi connectivity index (χ4v) is 1.88. The van der Waals surface area contributed by atoms with Gasteiger partial charge in [0.15, 0.2) is 0 Å². The van der Waals surface area contributed by atoms with Crippen LogP contribution in [0.25, 0.3) is 0 Å². The predicted molar refractivity (Wildman–Crippen MR) is 91.6 cm³/mol. The van der Waals surface area contributed by atoms with Crippen LogP contribution in [-0.4, -0.2) is 13.1 Å². The number of unbranched alkanes of at least 4 members (excludes halogenated alkanes) is 3. The highest BCUT2D eigenvalue weighted by atomic mass is 14.9. The minimum Gasteiger partial charge on any atom is -0.313 e. The van der Waals surface area contributed by atoms with Crippen molar-refractivity contribution in [1.29, 1.82) is 0 Å². The van der Waals surface area contributed by atoms with Crippen molar-refractivity contribution in [3.8, 4) is 12.3 Å². The summed E-state index contributed by atoms with van der Waals surface area (Å²) in [4.78, 5) is 0. The first kappa shape index (κ1) is 18.7. The summed E-state index contributed by atoms with van der Waals surface area (Å²) in [5, 5.41) is 3.21. The number of rotatable bonds is 10. The van der Waals surface area contributed by atoms with Crippen molar-refractivity contribution in [3.63, 3.8) is 0 Å². The Bertz CT molecular complexity index is 366. The molecule has 0 aromatic heterocycles. The van der Waals surface area contributed by atoms with Crippen LogP contribution in [0.1, 0.15) is 52.9 Å². The van der Waals surface area contributed by atoms with Crippen LogP contribution in [0.2, 0.25) is 0 Å². The van der Waals surface area contributed by atoms with Crippen molar-refractivity contribution in [1.82, 2.24) is 5.32 Å². The van der Waals surface area contributed by atoms with Crippen LogP contribution in [-0.2, 0) is 0 Å². The van der Waals surface area contributed by atoms with Crippen LogP contribution >= 0.6 is 0 Å². The minimum atomic E-state index is 0.302. The van der Waals surface area contributed by atoms with Gasteiger partial charge in [-0.05, 0) is 57.2 Å². The molecule has 0 radical (unpaired) electrons. The molecule has 0 heterocycles. The molecule has 1 heteroatoms. The first-order valence-corrected chi connectivity index (χ1v) is 7.70. The lowest BCUT2D eigenvalue weighted by molar-refractivity contribution is 0.636. The van der Waals surface area contributed by atoms with Gasteiger partial charge >= 0.3 is 0 Å². The van der Waals surface area contributed by atoms with Crippen LogP contribution in [0.3, 0.4) is 0 Å². The third kappa shape index (κ3) is 8.77. The summed E-state index contributed by atoms with van der Waals surface area (Å²) in [5.74, 6) is 3.22. The van der Waals surface area contributed by atoms with Gasteiger partial charge in [-0.15, -0.1) is 6.42 Å². The van der Waals surface area contributed by atoms with E-state index in [0.717, 1.165) is 6.42 Å². The highest BCUT2D eigenvalue weighted by molar-refractivity contribution is 5.30. The Morgan fingerprint density at radius 2 is 1.95 bits per heavy atom. The van der Waals surface area contributed by atoms with Crippen molar-refractivity contribution in [2.75, 3.05) is 7.05 Å². The molecule has 1 unspecified atom stereocenters. The second kappa shape index (κ2) is 11.6. The third-order valence-electron chi connectivity index (χ3n) is 3.68. The van der Waals surface area contributed by atoms with E-state index in [1.807, 2.05) is 13.1 Å². The third-order valence-corrected chi connectivity index (χ3v) is 3.68. The van der Waals surface area contributed by atoms with Gasteiger partial charge in [-0.25, -0.2) is 0 Å². The summed E-state index contributed by atoms with van der Waals surface area (Å²) >= 11 is 0. The zero-order chi connectivity index (χ0) is 15.4. The van der Waals surface area contributed by atoms with Crippen LogP contribution in [0, 0.1) is 18.3 Å². The van der Waals surface area contributed by atoms with E-state index in [1.165, 1.54) is 36.8 Å². The quantitative estimate of drug-likeness (QED) is 0.259. The molecule has 0 bridgehead atoms. The van der Waals surface area contributed by atoms with Crippen LogP contribution < -0.4 is 5.32 Å². The average molecular weight is 273 g/mol. The maximum absolute atomic E-state index is 5.35. The Hall–Kier alpha value is -1.26. The Morgan fingerprint density at radius 3 is 2.50 bits per heavy atom. The summed E-state index contributed by atoms with van der Waals surface area (Å²) in [7, 11) is 1.95. The molecule has 1 atom stereocenters. The van der Waals surface area contributed by atoms with Gasteiger partial charge in [0, 0.05) is 6.04 Å². The van der Waals surface area contributed by atoms with E-state index in [-0.39, 0.29) is 0 Å². The van der Waals surface area contributed by atoms with E-state index in [1.54, 1.807) is 0 Å². The molecule has 1 N–H and O–H groups in total. The monoisotopic (exact) mass is 273 g/mol. The normalized spacial score (nSPS) is 13.7. The molecule has 20 heavy (non-hydrogen) atoms. The van der Waals surface area contributed by atoms with E-state index in [2.05, 4.69) is 50.7 Å². The number of hydrogen-bond acceptors (Lipinski definition) is 1. The molecule has 0 spiro atoms. The molecular formula is C19H31N. The maximum atomic E-state index is 5.35. The van der Waals surface area contributed by atoms with Gasteiger partial charge < -0.3 is 5.32 Å². The Labute approximate surface area is 126 Å². The van der Waals surface area contributed by atoms with Gasteiger partial charge in [0.25, 0.3) is 0 Å². The SMILES string of the molecule is C#C/C=C(\C=C/CCCCCC(=C)C(C)C)C(C)NC. The van der Waals surface area contributed by atoms with E-state index in [9.17, 15) is 0 Å². The molecule has 0 aromatic carbocycles. The molecule has 0 amide bonds.